The molecule has 0 radical (unpaired) electrons. The minimum Gasteiger partial charge on any atom is -0.327 e. The third kappa shape index (κ3) is 3.31. The van der Waals surface area contributed by atoms with Crippen molar-refractivity contribution in [2.75, 3.05) is 6.54 Å². The molecule has 0 rings (SSSR count). The van der Waals surface area contributed by atoms with Crippen LogP contribution in [0.3, 0.4) is 0 Å². The molecule has 0 amide bonds. The normalized spacial score (nSPS) is 14.1. The first-order valence-electron chi connectivity index (χ1n) is 3.36. The minimum absolute atomic E-state index is 0.291. The zero-order chi connectivity index (χ0) is 7.49. The fourth-order valence-corrected chi connectivity index (χ4v) is 0.483. The first kappa shape index (κ1) is 8.70. The van der Waals surface area contributed by atoms with Crippen LogP contribution in [-0.2, 0) is 0 Å². The molecule has 0 unspecified atom stereocenters. The van der Waals surface area contributed by atoms with Gasteiger partial charge in [-0.2, -0.15) is 0 Å². The monoisotopic (exact) mass is 127 g/mol. The Morgan fingerprint density at radius 2 is 1.89 bits per heavy atom. The van der Waals surface area contributed by atoms with Gasteiger partial charge in [-0.1, -0.05) is 32.4 Å². The second-order valence-corrected chi connectivity index (χ2v) is 3.37. The molecule has 9 heavy (non-hydrogen) atoms. The van der Waals surface area contributed by atoms with Gasteiger partial charge in [0.05, 0.1) is 0 Å². The summed E-state index contributed by atoms with van der Waals surface area (Å²) in [5, 5.41) is 0. The van der Waals surface area contributed by atoms with E-state index in [0.717, 1.165) is 0 Å². The average Bonchev–Trinajstić information content (AvgIpc) is 1.64. The molecule has 0 fully saturated rings. The number of rotatable bonds is 1. The van der Waals surface area contributed by atoms with Crippen molar-refractivity contribution in [3.63, 3.8) is 0 Å². The highest BCUT2D eigenvalue weighted by Gasteiger charge is 2.10. The summed E-state index contributed by atoms with van der Waals surface area (Å²) < 4.78 is 0. The van der Waals surface area contributed by atoms with Crippen molar-refractivity contribution in [1.82, 2.24) is 0 Å². The van der Waals surface area contributed by atoms with Crippen LogP contribution in [0.5, 0.6) is 0 Å². The zero-order valence-corrected chi connectivity index (χ0v) is 6.86. The van der Waals surface area contributed by atoms with E-state index in [1.165, 1.54) is 5.57 Å². The van der Waals surface area contributed by atoms with E-state index in [9.17, 15) is 0 Å². The molecule has 0 aliphatic heterocycles. The van der Waals surface area contributed by atoms with E-state index in [4.69, 9.17) is 5.73 Å². The predicted octanol–water partition coefficient (Wildman–Crippen LogP) is 1.94. The predicted molar refractivity (Wildman–Crippen MR) is 42.3 cm³/mol. The van der Waals surface area contributed by atoms with Crippen LogP contribution >= 0.6 is 0 Å². The smallest absolute Gasteiger partial charge is 0.0109 e. The highest BCUT2D eigenvalue weighted by molar-refractivity contribution is 5.07. The van der Waals surface area contributed by atoms with Crippen molar-refractivity contribution in [2.24, 2.45) is 11.1 Å². The molecule has 0 saturated carbocycles. The molecule has 0 aromatic carbocycles. The molecule has 2 N–H and O–H groups in total. The zero-order valence-electron chi connectivity index (χ0n) is 6.86. The van der Waals surface area contributed by atoms with Crippen molar-refractivity contribution in [3.05, 3.63) is 11.6 Å². The molecule has 0 spiro atoms. The lowest BCUT2D eigenvalue weighted by Crippen LogP contribution is -2.08. The van der Waals surface area contributed by atoms with Crippen molar-refractivity contribution in [3.8, 4) is 0 Å². The van der Waals surface area contributed by atoms with Crippen molar-refractivity contribution in [1.29, 1.82) is 0 Å². The maximum absolute atomic E-state index is 5.35. The van der Waals surface area contributed by atoms with Crippen molar-refractivity contribution < 1.29 is 0 Å². The minimum atomic E-state index is 0.291. The molecule has 0 aromatic heterocycles. The van der Waals surface area contributed by atoms with Crippen molar-refractivity contribution in [2.45, 2.75) is 27.7 Å². The first-order chi connectivity index (χ1) is 3.98. The van der Waals surface area contributed by atoms with Crippen LogP contribution in [0.2, 0.25) is 0 Å². The average molecular weight is 127 g/mol. The summed E-state index contributed by atoms with van der Waals surface area (Å²) in [5.41, 5.74) is 7.01. The molecular weight excluding hydrogens is 110 g/mol. The lowest BCUT2D eigenvalue weighted by molar-refractivity contribution is 0.502. The summed E-state index contributed by atoms with van der Waals surface area (Å²) in [6.07, 6.45) is 2.07. The molecule has 0 aliphatic carbocycles. The third-order valence-electron chi connectivity index (χ3n) is 1.61. The second kappa shape index (κ2) is 3.02. The number of hydrogen-bond donors (Lipinski definition) is 1. The topological polar surface area (TPSA) is 26.0 Å². The lowest BCUT2D eigenvalue weighted by atomic mass is 9.87. The maximum atomic E-state index is 5.35. The molecule has 0 atom stereocenters. The van der Waals surface area contributed by atoms with Gasteiger partial charge in [0.25, 0.3) is 0 Å². The molecule has 0 bridgehead atoms. The Balaban J connectivity index is 4.03. The van der Waals surface area contributed by atoms with E-state index < -0.39 is 0 Å². The summed E-state index contributed by atoms with van der Waals surface area (Å²) in [4.78, 5) is 0. The van der Waals surface area contributed by atoms with Gasteiger partial charge in [-0.15, -0.1) is 0 Å². The van der Waals surface area contributed by atoms with E-state index in [2.05, 4.69) is 33.8 Å². The molecule has 54 valence electrons. The Labute approximate surface area is 57.9 Å². The highest BCUT2D eigenvalue weighted by atomic mass is 14.5. The molecular formula is C8H17N. The van der Waals surface area contributed by atoms with Gasteiger partial charge < -0.3 is 5.73 Å². The van der Waals surface area contributed by atoms with Crippen LogP contribution in [0.25, 0.3) is 0 Å². The Hall–Kier alpha value is -0.300. The Morgan fingerprint density at radius 3 is 2.00 bits per heavy atom. The van der Waals surface area contributed by atoms with Gasteiger partial charge >= 0.3 is 0 Å². The van der Waals surface area contributed by atoms with Gasteiger partial charge in [0.15, 0.2) is 0 Å². The largest absolute Gasteiger partial charge is 0.327 e. The number of nitrogens with two attached hydrogens (primary N) is 1. The van der Waals surface area contributed by atoms with E-state index >= 15 is 0 Å². The summed E-state index contributed by atoms with van der Waals surface area (Å²) in [6, 6.07) is 0. The van der Waals surface area contributed by atoms with Crippen molar-refractivity contribution >= 4 is 0 Å². The van der Waals surface area contributed by atoms with E-state index in [-0.39, 0.29) is 0 Å². The van der Waals surface area contributed by atoms with Gasteiger partial charge in [0, 0.05) is 6.54 Å². The summed E-state index contributed by atoms with van der Waals surface area (Å²) in [7, 11) is 0. The Kier molecular flexibility index (Phi) is 2.92. The lowest BCUT2D eigenvalue weighted by Gasteiger charge is -2.18. The van der Waals surface area contributed by atoms with Crippen LogP contribution in [-0.4, -0.2) is 6.54 Å². The highest BCUT2D eigenvalue weighted by Crippen LogP contribution is 2.23. The van der Waals surface area contributed by atoms with Crippen LogP contribution in [0.1, 0.15) is 27.7 Å². The summed E-state index contributed by atoms with van der Waals surface area (Å²) in [6.45, 7) is 9.34. The fourth-order valence-electron chi connectivity index (χ4n) is 0.483. The standard InChI is InChI=1S/C8H17N/c1-7(5-6-9)8(2,3)4/h5H,6,9H2,1-4H3. The maximum Gasteiger partial charge on any atom is 0.0109 e. The van der Waals surface area contributed by atoms with Gasteiger partial charge in [-0.25, -0.2) is 0 Å². The molecule has 1 heteroatoms. The Bertz CT molecular complexity index is 106. The summed E-state index contributed by atoms with van der Waals surface area (Å²) in [5.74, 6) is 0. The summed E-state index contributed by atoms with van der Waals surface area (Å²) >= 11 is 0. The number of allylic oxidation sites excluding steroid dienone is 1. The van der Waals surface area contributed by atoms with Crippen LogP contribution < -0.4 is 5.73 Å². The third-order valence-corrected chi connectivity index (χ3v) is 1.61. The fraction of sp³-hybridized carbons (Fsp3) is 0.750. The quantitative estimate of drug-likeness (QED) is 0.535. The molecule has 0 aromatic rings. The van der Waals surface area contributed by atoms with E-state index in [1.54, 1.807) is 0 Å². The van der Waals surface area contributed by atoms with Gasteiger partial charge in [-0.3, -0.25) is 0 Å². The van der Waals surface area contributed by atoms with Crippen LogP contribution in [0, 0.1) is 5.41 Å². The SMILES string of the molecule is CC(=CCN)C(C)(C)C. The molecule has 0 heterocycles. The Morgan fingerprint density at radius 1 is 1.44 bits per heavy atom. The van der Waals surface area contributed by atoms with Gasteiger partial charge in [0.1, 0.15) is 0 Å². The van der Waals surface area contributed by atoms with Gasteiger partial charge in [0.2, 0.25) is 0 Å². The molecule has 0 aliphatic rings. The van der Waals surface area contributed by atoms with Gasteiger partial charge in [-0.05, 0) is 12.3 Å². The second-order valence-electron chi connectivity index (χ2n) is 3.37. The van der Waals surface area contributed by atoms with Crippen LogP contribution in [0.15, 0.2) is 11.6 Å². The number of hydrogen-bond acceptors (Lipinski definition) is 1. The molecule has 0 saturated heterocycles. The van der Waals surface area contributed by atoms with E-state index in [1.807, 2.05) is 0 Å². The van der Waals surface area contributed by atoms with E-state index in [0.29, 0.717) is 12.0 Å². The molecule has 1 nitrogen and oxygen atoms in total. The first-order valence-corrected chi connectivity index (χ1v) is 3.36. The van der Waals surface area contributed by atoms with Crippen LogP contribution in [0.4, 0.5) is 0 Å².